The zero-order chi connectivity index (χ0) is 12.7. The average Bonchev–Trinajstić information content (AvgIpc) is 2.29. The Hall–Kier alpha value is -1.63. The van der Waals surface area contributed by atoms with E-state index >= 15 is 0 Å². The Morgan fingerprint density at radius 1 is 1.41 bits per heavy atom. The van der Waals surface area contributed by atoms with E-state index in [0.29, 0.717) is 6.42 Å². The predicted molar refractivity (Wildman–Crippen MR) is 60.2 cm³/mol. The van der Waals surface area contributed by atoms with Crippen molar-refractivity contribution in [2.45, 2.75) is 11.3 Å². The number of azide groups is 1. The van der Waals surface area contributed by atoms with Crippen molar-refractivity contribution < 1.29 is 12.8 Å². The van der Waals surface area contributed by atoms with Crippen LogP contribution in [0.25, 0.3) is 10.4 Å². The van der Waals surface area contributed by atoms with Gasteiger partial charge >= 0.3 is 0 Å². The van der Waals surface area contributed by atoms with Crippen LogP contribution in [-0.2, 0) is 10.0 Å². The van der Waals surface area contributed by atoms with Crippen molar-refractivity contribution in [3.63, 3.8) is 0 Å². The number of benzene rings is 1. The monoisotopic (exact) mass is 258 g/mol. The Morgan fingerprint density at radius 3 is 2.76 bits per heavy atom. The Kier molecular flexibility index (Phi) is 4.89. The summed E-state index contributed by atoms with van der Waals surface area (Å²) < 4.78 is 38.7. The maximum absolute atomic E-state index is 13.2. The molecule has 0 amide bonds. The molecule has 0 aliphatic rings. The maximum Gasteiger partial charge on any atom is 0.243 e. The van der Waals surface area contributed by atoms with Crippen molar-refractivity contribution in [2.24, 2.45) is 5.11 Å². The zero-order valence-corrected chi connectivity index (χ0v) is 9.69. The molecule has 6 nitrogen and oxygen atoms in total. The van der Waals surface area contributed by atoms with E-state index in [2.05, 4.69) is 14.7 Å². The molecule has 0 radical (unpaired) electrons. The van der Waals surface area contributed by atoms with E-state index in [1.165, 1.54) is 18.2 Å². The van der Waals surface area contributed by atoms with Gasteiger partial charge in [0.1, 0.15) is 10.7 Å². The molecular formula is C9H11FN4O2S. The molecule has 0 aliphatic heterocycles. The fourth-order valence-electron chi connectivity index (χ4n) is 1.14. The van der Waals surface area contributed by atoms with Gasteiger partial charge in [0.25, 0.3) is 0 Å². The van der Waals surface area contributed by atoms with Gasteiger partial charge in [0.05, 0.1) is 0 Å². The highest BCUT2D eigenvalue weighted by atomic mass is 32.2. The molecule has 0 aliphatic carbocycles. The summed E-state index contributed by atoms with van der Waals surface area (Å²) in [6, 6.07) is 5.12. The fourth-order valence-corrected chi connectivity index (χ4v) is 2.29. The minimum absolute atomic E-state index is 0.0929. The lowest BCUT2D eigenvalue weighted by atomic mass is 10.4. The van der Waals surface area contributed by atoms with Crippen molar-refractivity contribution in [1.82, 2.24) is 4.72 Å². The van der Waals surface area contributed by atoms with Crippen LogP contribution in [-0.4, -0.2) is 21.5 Å². The third-order valence-electron chi connectivity index (χ3n) is 1.92. The number of nitrogens with one attached hydrogen (secondary N) is 1. The Bertz CT molecular complexity index is 526. The van der Waals surface area contributed by atoms with Gasteiger partial charge in [0.2, 0.25) is 10.0 Å². The quantitative estimate of drug-likeness (QED) is 0.364. The number of hydrogen-bond donors (Lipinski definition) is 1. The van der Waals surface area contributed by atoms with Gasteiger partial charge in [-0.25, -0.2) is 17.5 Å². The largest absolute Gasteiger partial charge is 0.243 e. The molecule has 8 heteroatoms. The van der Waals surface area contributed by atoms with Gasteiger partial charge in [-0.1, -0.05) is 17.2 Å². The lowest BCUT2D eigenvalue weighted by Gasteiger charge is -2.06. The van der Waals surface area contributed by atoms with E-state index in [1.54, 1.807) is 0 Å². The molecule has 0 saturated heterocycles. The van der Waals surface area contributed by atoms with Gasteiger partial charge in [0.15, 0.2) is 0 Å². The van der Waals surface area contributed by atoms with Crippen LogP contribution in [0.15, 0.2) is 34.3 Å². The number of nitrogens with zero attached hydrogens (tertiary/aromatic N) is 3. The van der Waals surface area contributed by atoms with E-state index in [-0.39, 0.29) is 18.0 Å². The Morgan fingerprint density at radius 2 is 2.12 bits per heavy atom. The first-order valence-electron chi connectivity index (χ1n) is 4.83. The summed E-state index contributed by atoms with van der Waals surface area (Å²) in [6.07, 6.45) is 0.359. The Balaban J connectivity index is 2.64. The second kappa shape index (κ2) is 6.19. The minimum Gasteiger partial charge on any atom is -0.211 e. The van der Waals surface area contributed by atoms with Gasteiger partial charge in [-0.05, 0) is 24.1 Å². The van der Waals surface area contributed by atoms with Crippen LogP contribution >= 0.6 is 0 Å². The third-order valence-corrected chi connectivity index (χ3v) is 3.41. The molecule has 0 fully saturated rings. The SMILES string of the molecule is [N-]=[N+]=NCCCNS(=O)(=O)c1ccccc1F. The molecule has 1 aromatic rings. The number of hydrogen-bond acceptors (Lipinski definition) is 3. The van der Waals surface area contributed by atoms with Crippen molar-refractivity contribution in [3.05, 3.63) is 40.5 Å². The summed E-state index contributed by atoms with van der Waals surface area (Å²) in [6.45, 7) is 0.284. The summed E-state index contributed by atoms with van der Waals surface area (Å²) >= 11 is 0. The van der Waals surface area contributed by atoms with Crippen LogP contribution < -0.4 is 4.72 Å². The van der Waals surface area contributed by atoms with Crippen molar-refractivity contribution >= 4 is 10.0 Å². The molecule has 1 N–H and O–H groups in total. The van der Waals surface area contributed by atoms with Gasteiger partial charge in [-0.15, -0.1) is 0 Å². The van der Waals surface area contributed by atoms with Gasteiger partial charge < -0.3 is 0 Å². The standard InChI is InChI=1S/C9H11FN4O2S/c10-8-4-1-2-5-9(8)17(15,16)13-7-3-6-12-14-11/h1-2,4-5,13H,3,6-7H2. The first-order chi connectivity index (χ1) is 8.08. The molecule has 0 bridgehead atoms. The molecular weight excluding hydrogens is 247 g/mol. The van der Waals surface area contributed by atoms with E-state index in [4.69, 9.17) is 5.53 Å². The van der Waals surface area contributed by atoms with Gasteiger partial charge in [0, 0.05) is 18.0 Å². The van der Waals surface area contributed by atoms with Crippen LogP contribution in [0.5, 0.6) is 0 Å². The number of rotatable bonds is 6. The van der Waals surface area contributed by atoms with Crippen molar-refractivity contribution in [3.8, 4) is 0 Å². The van der Waals surface area contributed by atoms with Crippen molar-refractivity contribution in [1.29, 1.82) is 0 Å². The van der Waals surface area contributed by atoms with Crippen molar-refractivity contribution in [2.75, 3.05) is 13.1 Å². The molecule has 0 heterocycles. The van der Waals surface area contributed by atoms with E-state index < -0.39 is 15.8 Å². The zero-order valence-electron chi connectivity index (χ0n) is 8.88. The molecule has 0 aromatic heterocycles. The third kappa shape index (κ3) is 4.03. The summed E-state index contributed by atoms with van der Waals surface area (Å²) in [5.41, 5.74) is 8.01. The predicted octanol–water partition coefficient (Wildman–Crippen LogP) is 1.80. The average molecular weight is 258 g/mol. The van der Waals surface area contributed by atoms with Crippen LogP contribution in [0.2, 0.25) is 0 Å². The number of sulfonamides is 1. The molecule has 0 saturated carbocycles. The summed E-state index contributed by atoms with van der Waals surface area (Å²) in [5, 5.41) is 3.25. The molecule has 0 unspecified atom stereocenters. The highest BCUT2D eigenvalue weighted by Gasteiger charge is 2.17. The summed E-state index contributed by atoms with van der Waals surface area (Å²) in [7, 11) is -3.84. The maximum atomic E-state index is 13.2. The smallest absolute Gasteiger partial charge is 0.211 e. The summed E-state index contributed by atoms with van der Waals surface area (Å²) in [4.78, 5) is 2.14. The molecule has 92 valence electrons. The second-order valence-corrected chi connectivity index (χ2v) is 4.87. The van der Waals surface area contributed by atoms with E-state index in [0.717, 1.165) is 6.07 Å². The highest BCUT2D eigenvalue weighted by Crippen LogP contribution is 2.12. The molecule has 1 aromatic carbocycles. The van der Waals surface area contributed by atoms with E-state index in [1.807, 2.05) is 0 Å². The lowest BCUT2D eigenvalue weighted by Crippen LogP contribution is -2.26. The van der Waals surface area contributed by atoms with Crippen LogP contribution in [0, 0.1) is 5.82 Å². The number of halogens is 1. The van der Waals surface area contributed by atoms with Gasteiger partial charge in [-0.3, -0.25) is 0 Å². The second-order valence-electron chi connectivity index (χ2n) is 3.14. The van der Waals surface area contributed by atoms with Crippen LogP contribution in [0.3, 0.4) is 0 Å². The summed E-state index contributed by atoms with van der Waals surface area (Å²) in [5.74, 6) is -0.796. The first-order valence-corrected chi connectivity index (χ1v) is 6.31. The van der Waals surface area contributed by atoms with Crippen LogP contribution in [0.1, 0.15) is 6.42 Å². The fraction of sp³-hybridized carbons (Fsp3) is 0.333. The van der Waals surface area contributed by atoms with E-state index in [9.17, 15) is 12.8 Å². The topological polar surface area (TPSA) is 94.9 Å². The normalized spacial score (nSPS) is 10.9. The Labute approximate surface area is 98.1 Å². The molecule has 0 spiro atoms. The first kappa shape index (κ1) is 13.4. The molecule has 0 atom stereocenters. The highest BCUT2D eigenvalue weighted by molar-refractivity contribution is 7.89. The van der Waals surface area contributed by atoms with Crippen LogP contribution in [0.4, 0.5) is 4.39 Å². The minimum atomic E-state index is -3.84. The molecule has 1 rings (SSSR count). The van der Waals surface area contributed by atoms with Gasteiger partial charge in [-0.2, -0.15) is 0 Å². The lowest BCUT2D eigenvalue weighted by molar-refractivity contribution is 0.556. The molecule has 17 heavy (non-hydrogen) atoms.